The molecule has 182 valence electrons. The van der Waals surface area contributed by atoms with Crippen molar-refractivity contribution in [2.24, 2.45) is 0 Å². The van der Waals surface area contributed by atoms with Crippen LogP contribution in [-0.4, -0.2) is 76.2 Å². The number of amides is 1. The van der Waals surface area contributed by atoms with Crippen LogP contribution < -0.4 is 14.2 Å². The van der Waals surface area contributed by atoms with Gasteiger partial charge in [-0.2, -0.15) is 4.31 Å². The number of hydrogen-bond acceptors (Lipinski definition) is 7. The first-order valence-electron chi connectivity index (χ1n) is 11.5. The maximum atomic E-state index is 13.0. The van der Waals surface area contributed by atoms with Crippen molar-refractivity contribution >= 4 is 15.9 Å². The average molecular weight is 489 g/mol. The van der Waals surface area contributed by atoms with Gasteiger partial charge in [0.1, 0.15) is 19.0 Å². The number of morpholine rings is 1. The summed E-state index contributed by atoms with van der Waals surface area (Å²) in [5, 5.41) is 0. The summed E-state index contributed by atoms with van der Waals surface area (Å²) in [7, 11) is -3.56. The van der Waals surface area contributed by atoms with Gasteiger partial charge < -0.3 is 23.8 Å². The lowest BCUT2D eigenvalue weighted by Gasteiger charge is -2.27. The van der Waals surface area contributed by atoms with Gasteiger partial charge in [0.2, 0.25) is 10.0 Å². The molecule has 0 aliphatic carbocycles. The number of benzene rings is 2. The summed E-state index contributed by atoms with van der Waals surface area (Å²) in [6, 6.07) is 12.0. The van der Waals surface area contributed by atoms with Gasteiger partial charge in [-0.05, 0) is 54.8 Å². The molecule has 9 nitrogen and oxygen atoms in total. The predicted molar refractivity (Wildman–Crippen MR) is 123 cm³/mol. The average Bonchev–Trinajstić information content (AvgIpc) is 3.38. The minimum Gasteiger partial charge on any atom is -0.486 e. The highest BCUT2D eigenvalue weighted by atomic mass is 32.2. The zero-order valence-electron chi connectivity index (χ0n) is 18.9. The fraction of sp³-hybridized carbons (Fsp3) is 0.458. The van der Waals surface area contributed by atoms with Crippen molar-refractivity contribution < 1.29 is 32.2 Å². The Hall–Kier alpha value is -2.82. The van der Waals surface area contributed by atoms with E-state index in [1.165, 1.54) is 16.4 Å². The van der Waals surface area contributed by atoms with Crippen LogP contribution in [0.4, 0.5) is 0 Å². The molecule has 1 amide bonds. The van der Waals surface area contributed by atoms with Gasteiger partial charge in [-0.3, -0.25) is 4.79 Å². The Labute approximate surface area is 199 Å². The molecule has 0 saturated carbocycles. The molecule has 10 heteroatoms. The van der Waals surface area contributed by atoms with Crippen molar-refractivity contribution in [2.45, 2.75) is 23.8 Å². The fourth-order valence-corrected chi connectivity index (χ4v) is 5.96. The number of carbonyl (C=O) groups excluding carboxylic acids is 1. The molecule has 2 fully saturated rings. The van der Waals surface area contributed by atoms with Crippen LogP contribution in [0.5, 0.6) is 17.2 Å². The molecule has 34 heavy (non-hydrogen) atoms. The summed E-state index contributed by atoms with van der Waals surface area (Å²) < 4.78 is 49.1. The molecule has 0 N–H and O–H groups in total. The van der Waals surface area contributed by atoms with Crippen LogP contribution in [0.3, 0.4) is 0 Å². The number of hydrogen-bond donors (Lipinski definition) is 0. The van der Waals surface area contributed by atoms with Gasteiger partial charge in [-0.1, -0.05) is 6.07 Å². The monoisotopic (exact) mass is 488 g/mol. The Morgan fingerprint density at radius 1 is 0.941 bits per heavy atom. The van der Waals surface area contributed by atoms with Crippen LogP contribution in [0.1, 0.15) is 24.4 Å². The molecule has 2 aromatic rings. The van der Waals surface area contributed by atoms with Crippen LogP contribution in [0.15, 0.2) is 47.4 Å². The zero-order valence-corrected chi connectivity index (χ0v) is 19.7. The first kappa shape index (κ1) is 22.9. The summed E-state index contributed by atoms with van der Waals surface area (Å²) in [5.41, 5.74) is 1.02. The minimum absolute atomic E-state index is 0.0343. The van der Waals surface area contributed by atoms with E-state index in [2.05, 4.69) is 0 Å². The van der Waals surface area contributed by atoms with Crippen molar-refractivity contribution in [1.82, 2.24) is 9.21 Å². The topological polar surface area (TPSA) is 94.6 Å². The van der Waals surface area contributed by atoms with Gasteiger partial charge in [0.15, 0.2) is 18.1 Å². The predicted octanol–water partition coefficient (Wildman–Crippen LogP) is 2.22. The number of likely N-dealkylation sites (tertiary alicyclic amines) is 1. The molecule has 2 aromatic carbocycles. The number of nitrogens with zero attached hydrogens (tertiary/aromatic N) is 2. The number of fused-ring (bicyclic) bond motifs is 1. The van der Waals surface area contributed by atoms with Crippen molar-refractivity contribution in [2.75, 3.05) is 52.7 Å². The van der Waals surface area contributed by atoms with Crippen LogP contribution in [0, 0.1) is 0 Å². The second-order valence-corrected chi connectivity index (χ2v) is 10.4. The molecule has 0 radical (unpaired) electrons. The van der Waals surface area contributed by atoms with Gasteiger partial charge in [0.25, 0.3) is 5.91 Å². The fourth-order valence-electron chi connectivity index (χ4n) is 4.55. The second-order valence-electron chi connectivity index (χ2n) is 8.42. The summed E-state index contributed by atoms with van der Waals surface area (Å²) in [5.74, 6) is 1.78. The van der Waals surface area contributed by atoms with E-state index in [-0.39, 0.29) is 23.5 Å². The zero-order chi connectivity index (χ0) is 23.5. The Morgan fingerprint density at radius 3 is 2.44 bits per heavy atom. The molecule has 5 rings (SSSR count). The van der Waals surface area contributed by atoms with Crippen molar-refractivity contribution in [3.63, 3.8) is 0 Å². The lowest BCUT2D eigenvalue weighted by molar-refractivity contribution is -0.134. The van der Waals surface area contributed by atoms with Gasteiger partial charge in [-0.15, -0.1) is 0 Å². The van der Waals surface area contributed by atoms with E-state index < -0.39 is 10.0 Å². The maximum Gasteiger partial charge on any atom is 0.261 e. The molecular weight excluding hydrogens is 460 g/mol. The Kier molecular flexibility index (Phi) is 6.62. The Bertz CT molecular complexity index is 1130. The first-order chi connectivity index (χ1) is 16.5. The van der Waals surface area contributed by atoms with Crippen LogP contribution >= 0.6 is 0 Å². The Balaban J connectivity index is 1.21. The Morgan fingerprint density at radius 2 is 1.68 bits per heavy atom. The number of rotatable bonds is 6. The quantitative estimate of drug-likeness (QED) is 0.615. The second kappa shape index (κ2) is 9.81. The SMILES string of the molecule is O=C(COc1ccc(S(=O)(=O)N2CCOCC2)cc1)N1CCC[C@@H]1c1ccc2c(c1)OCCO2. The summed E-state index contributed by atoms with van der Waals surface area (Å²) in [6.45, 7) is 3.08. The van der Waals surface area contributed by atoms with E-state index in [0.29, 0.717) is 57.6 Å². The van der Waals surface area contributed by atoms with E-state index in [1.54, 1.807) is 12.1 Å². The minimum atomic E-state index is -3.56. The molecule has 0 bridgehead atoms. The lowest BCUT2D eigenvalue weighted by atomic mass is 10.0. The largest absolute Gasteiger partial charge is 0.486 e. The van der Waals surface area contributed by atoms with E-state index in [9.17, 15) is 13.2 Å². The standard InChI is InChI=1S/C24H28N2O7S/c27-24(26-9-1-2-21(26)18-3-8-22-23(16-18)32-15-14-31-22)17-33-19-4-6-20(7-5-19)34(28,29)25-10-12-30-13-11-25/h3-8,16,21H,1-2,9-15,17H2/t21-/m1/s1. The summed E-state index contributed by atoms with van der Waals surface area (Å²) in [6.07, 6.45) is 1.79. The van der Waals surface area contributed by atoms with E-state index in [4.69, 9.17) is 18.9 Å². The van der Waals surface area contributed by atoms with E-state index in [1.807, 2.05) is 23.1 Å². The highest BCUT2D eigenvalue weighted by Crippen LogP contribution is 2.38. The van der Waals surface area contributed by atoms with Crippen molar-refractivity contribution in [1.29, 1.82) is 0 Å². The molecule has 3 aliphatic rings. The molecule has 0 spiro atoms. The van der Waals surface area contributed by atoms with Gasteiger partial charge >= 0.3 is 0 Å². The molecule has 3 heterocycles. The van der Waals surface area contributed by atoms with Gasteiger partial charge in [0, 0.05) is 19.6 Å². The summed E-state index contributed by atoms with van der Waals surface area (Å²) in [4.78, 5) is 15.0. The summed E-state index contributed by atoms with van der Waals surface area (Å²) >= 11 is 0. The van der Waals surface area contributed by atoms with E-state index in [0.717, 1.165) is 24.2 Å². The molecule has 2 saturated heterocycles. The highest BCUT2D eigenvalue weighted by Gasteiger charge is 2.31. The third kappa shape index (κ3) is 4.70. The van der Waals surface area contributed by atoms with Crippen molar-refractivity contribution in [3.05, 3.63) is 48.0 Å². The van der Waals surface area contributed by atoms with Crippen LogP contribution in [0.25, 0.3) is 0 Å². The van der Waals surface area contributed by atoms with Crippen LogP contribution in [-0.2, 0) is 19.6 Å². The van der Waals surface area contributed by atoms with Crippen molar-refractivity contribution in [3.8, 4) is 17.2 Å². The molecule has 0 unspecified atom stereocenters. The van der Waals surface area contributed by atoms with Gasteiger partial charge in [-0.25, -0.2) is 8.42 Å². The molecule has 1 atom stereocenters. The third-order valence-electron chi connectivity index (χ3n) is 6.32. The molecular formula is C24H28N2O7S. The third-order valence-corrected chi connectivity index (χ3v) is 8.23. The number of ether oxygens (including phenoxy) is 4. The first-order valence-corrected chi connectivity index (χ1v) is 13.0. The van der Waals surface area contributed by atoms with E-state index >= 15 is 0 Å². The maximum absolute atomic E-state index is 13.0. The lowest BCUT2D eigenvalue weighted by Crippen LogP contribution is -2.40. The van der Waals surface area contributed by atoms with Crippen LogP contribution in [0.2, 0.25) is 0 Å². The normalized spacial score (nSPS) is 20.8. The smallest absolute Gasteiger partial charge is 0.261 e. The number of carbonyl (C=O) groups is 1. The molecule has 0 aromatic heterocycles. The van der Waals surface area contributed by atoms with Gasteiger partial charge in [0.05, 0.1) is 24.2 Å². The number of sulfonamides is 1. The molecule has 3 aliphatic heterocycles. The highest BCUT2D eigenvalue weighted by molar-refractivity contribution is 7.89.